The molecule has 17 heavy (non-hydrogen) atoms. The third-order valence-corrected chi connectivity index (χ3v) is 3.38. The molecule has 0 radical (unpaired) electrons. The Hall–Kier alpha value is -1.35. The molecule has 1 aromatic rings. The van der Waals surface area contributed by atoms with Crippen molar-refractivity contribution in [2.45, 2.75) is 31.8 Å². The van der Waals surface area contributed by atoms with Crippen LogP contribution in [0.25, 0.3) is 0 Å². The van der Waals surface area contributed by atoms with E-state index in [0.29, 0.717) is 5.92 Å². The Morgan fingerprint density at radius 2 is 1.94 bits per heavy atom. The van der Waals surface area contributed by atoms with E-state index in [1.54, 1.807) is 7.05 Å². The van der Waals surface area contributed by atoms with Crippen LogP contribution in [0.3, 0.4) is 0 Å². The molecule has 0 spiro atoms. The van der Waals surface area contributed by atoms with Gasteiger partial charge in [-0.05, 0) is 38.3 Å². The summed E-state index contributed by atoms with van der Waals surface area (Å²) in [6.07, 6.45) is 2.43. The molecule has 2 atom stereocenters. The maximum atomic E-state index is 11.9. The maximum Gasteiger partial charge on any atom is 0.237 e. The lowest BCUT2D eigenvalue weighted by molar-refractivity contribution is -0.123. The van der Waals surface area contributed by atoms with Crippen molar-refractivity contribution in [2.24, 2.45) is 5.92 Å². The highest BCUT2D eigenvalue weighted by Crippen LogP contribution is 2.40. The first-order valence-electron chi connectivity index (χ1n) is 6.25. The van der Waals surface area contributed by atoms with Crippen molar-refractivity contribution in [3.8, 4) is 0 Å². The monoisotopic (exact) mass is 232 g/mol. The fraction of sp³-hybridized carbons (Fsp3) is 0.500. The van der Waals surface area contributed by atoms with Gasteiger partial charge in [0.1, 0.15) is 0 Å². The van der Waals surface area contributed by atoms with Gasteiger partial charge in [-0.2, -0.15) is 0 Å². The second kappa shape index (κ2) is 5.32. The predicted octanol–water partition coefficient (Wildman–Crippen LogP) is 1.86. The molecule has 2 N–H and O–H groups in total. The molecule has 1 fully saturated rings. The van der Waals surface area contributed by atoms with E-state index in [0.717, 1.165) is 0 Å². The van der Waals surface area contributed by atoms with Gasteiger partial charge in [-0.3, -0.25) is 4.79 Å². The summed E-state index contributed by atoms with van der Waals surface area (Å²) in [7, 11) is 1.80. The number of hydrogen-bond acceptors (Lipinski definition) is 2. The van der Waals surface area contributed by atoms with Crippen LogP contribution in [-0.4, -0.2) is 19.0 Å². The summed E-state index contributed by atoms with van der Waals surface area (Å²) in [4.78, 5) is 11.9. The van der Waals surface area contributed by atoms with Gasteiger partial charge in [0.2, 0.25) is 5.91 Å². The van der Waals surface area contributed by atoms with E-state index in [4.69, 9.17) is 0 Å². The lowest BCUT2D eigenvalue weighted by Gasteiger charge is -2.21. The predicted molar refractivity (Wildman–Crippen MR) is 68.6 cm³/mol. The molecule has 1 aliphatic carbocycles. The Balaban J connectivity index is 2.06. The lowest BCUT2D eigenvalue weighted by atomic mass is 10.0. The van der Waals surface area contributed by atoms with Crippen molar-refractivity contribution in [3.05, 3.63) is 35.9 Å². The van der Waals surface area contributed by atoms with E-state index >= 15 is 0 Å². The van der Waals surface area contributed by atoms with E-state index in [1.807, 2.05) is 25.1 Å². The molecule has 3 heteroatoms. The second-order valence-electron chi connectivity index (χ2n) is 4.74. The number of nitrogens with one attached hydrogen (secondary N) is 2. The number of rotatable bonds is 5. The number of carbonyl (C=O) groups is 1. The highest BCUT2D eigenvalue weighted by Gasteiger charge is 2.33. The van der Waals surface area contributed by atoms with Gasteiger partial charge in [0, 0.05) is 0 Å². The Morgan fingerprint density at radius 3 is 2.47 bits per heavy atom. The largest absolute Gasteiger partial charge is 0.348 e. The average Bonchev–Trinajstić information content (AvgIpc) is 3.20. The van der Waals surface area contributed by atoms with E-state index in [9.17, 15) is 4.79 Å². The Bertz CT molecular complexity index is 373. The molecule has 0 bridgehead atoms. The summed E-state index contributed by atoms with van der Waals surface area (Å²) in [5.74, 6) is 0.693. The first kappa shape index (κ1) is 12.1. The minimum atomic E-state index is -0.139. The van der Waals surface area contributed by atoms with Crippen molar-refractivity contribution in [2.75, 3.05) is 7.05 Å². The van der Waals surface area contributed by atoms with Gasteiger partial charge in [0.05, 0.1) is 12.1 Å². The van der Waals surface area contributed by atoms with Crippen LogP contribution in [0, 0.1) is 5.92 Å². The van der Waals surface area contributed by atoms with Crippen molar-refractivity contribution >= 4 is 5.91 Å². The molecule has 0 heterocycles. The van der Waals surface area contributed by atoms with Crippen LogP contribution in [0.5, 0.6) is 0 Å². The molecule has 92 valence electrons. The number of amides is 1. The second-order valence-corrected chi connectivity index (χ2v) is 4.74. The van der Waals surface area contributed by atoms with Crippen molar-refractivity contribution in [1.82, 2.24) is 10.6 Å². The molecule has 0 aliphatic heterocycles. The molecule has 1 amide bonds. The summed E-state index contributed by atoms with van der Waals surface area (Å²) < 4.78 is 0. The van der Waals surface area contributed by atoms with E-state index < -0.39 is 0 Å². The van der Waals surface area contributed by atoms with Crippen molar-refractivity contribution in [1.29, 1.82) is 0 Å². The summed E-state index contributed by atoms with van der Waals surface area (Å²) in [5.41, 5.74) is 1.21. The highest BCUT2D eigenvalue weighted by atomic mass is 16.2. The van der Waals surface area contributed by atoms with E-state index in [1.165, 1.54) is 18.4 Å². The van der Waals surface area contributed by atoms with Crippen LogP contribution >= 0.6 is 0 Å². The van der Waals surface area contributed by atoms with Crippen LogP contribution in [0.1, 0.15) is 31.4 Å². The van der Waals surface area contributed by atoms with Gasteiger partial charge >= 0.3 is 0 Å². The summed E-state index contributed by atoms with van der Waals surface area (Å²) in [6, 6.07) is 10.3. The molecular formula is C14H20N2O. The molecule has 2 rings (SSSR count). The topological polar surface area (TPSA) is 41.1 Å². The first-order valence-corrected chi connectivity index (χ1v) is 6.25. The molecule has 1 aromatic carbocycles. The Morgan fingerprint density at radius 1 is 1.29 bits per heavy atom. The van der Waals surface area contributed by atoms with E-state index in [-0.39, 0.29) is 18.0 Å². The van der Waals surface area contributed by atoms with Crippen LogP contribution in [-0.2, 0) is 4.79 Å². The Kier molecular flexibility index (Phi) is 3.79. The molecule has 3 nitrogen and oxygen atoms in total. The molecule has 0 saturated heterocycles. The zero-order chi connectivity index (χ0) is 12.3. The highest BCUT2D eigenvalue weighted by molar-refractivity contribution is 5.81. The SMILES string of the molecule is CNC(C)C(=O)NC(c1ccccc1)C1CC1. The zero-order valence-electron chi connectivity index (χ0n) is 10.4. The Labute approximate surface area is 103 Å². The first-order chi connectivity index (χ1) is 8.22. The smallest absolute Gasteiger partial charge is 0.237 e. The van der Waals surface area contributed by atoms with Crippen molar-refractivity contribution in [3.63, 3.8) is 0 Å². The zero-order valence-corrected chi connectivity index (χ0v) is 10.4. The normalized spacial score (nSPS) is 18.5. The molecule has 0 aromatic heterocycles. The van der Waals surface area contributed by atoms with Crippen LogP contribution < -0.4 is 10.6 Å². The van der Waals surface area contributed by atoms with Crippen LogP contribution in [0.2, 0.25) is 0 Å². The number of likely N-dealkylation sites (N-methyl/N-ethyl adjacent to an activating group) is 1. The standard InChI is InChI=1S/C14H20N2O/c1-10(15-2)14(17)16-13(12-8-9-12)11-6-4-3-5-7-11/h3-7,10,12-13,15H,8-9H2,1-2H3,(H,16,17). The third-order valence-electron chi connectivity index (χ3n) is 3.38. The summed E-state index contributed by atoms with van der Waals surface area (Å²) >= 11 is 0. The summed E-state index contributed by atoms with van der Waals surface area (Å²) in [6.45, 7) is 1.88. The fourth-order valence-electron chi connectivity index (χ4n) is 1.97. The van der Waals surface area contributed by atoms with Crippen LogP contribution in [0.15, 0.2) is 30.3 Å². The van der Waals surface area contributed by atoms with Gasteiger partial charge in [-0.15, -0.1) is 0 Å². The van der Waals surface area contributed by atoms with Gasteiger partial charge in [0.15, 0.2) is 0 Å². The lowest BCUT2D eigenvalue weighted by Crippen LogP contribution is -2.42. The molecule has 1 aliphatic rings. The quantitative estimate of drug-likeness (QED) is 0.813. The van der Waals surface area contributed by atoms with Crippen molar-refractivity contribution < 1.29 is 4.79 Å². The van der Waals surface area contributed by atoms with Gasteiger partial charge in [-0.1, -0.05) is 30.3 Å². The minimum absolute atomic E-state index is 0.0771. The number of carbonyl (C=O) groups excluding carboxylic acids is 1. The van der Waals surface area contributed by atoms with E-state index in [2.05, 4.69) is 22.8 Å². The number of hydrogen-bond donors (Lipinski definition) is 2. The minimum Gasteiger partial charge on any atom is -0.348 e. The molecule has 2 unspecified atom stereocenters. The number of benzene rings is 1. The van der Waals surface area contributed by atoms with Gasteiger partial charge in [-0.25, -0.2) is 0 Å². The summed E-state index contributed by atoms with van der Waals surface area (Å²) in [5, 5.41) is 6.11. The van der Waals surface area contributed by atoms with Gasteiger partial charge < -0.3 is 10.6 Å². The third kappa shape index (κ3) is 3.07. The fourth-order valence-corrected chi connectivity index (χ4v) is 1.97. The van der Waals surface area contributed by atoms with Crippen LogP contribution in [0.4, 0.5) is 0 Å². The van der Waals surface area contributed by atoms with Gasteiger partial charge in [0.25, 0.3) is 0 Å². The molecular weight excluding hydrogens is 212 g/mol. The molecule has 1 saturated carbocycles. The average molecular weight is 232 g/mol. The maximum absolute atomic E-state index is 11.9.